The SMILES string of the molecule is CC(=O)Nc1ccc(-c2csc(NC(=O)[C@@H]3Cc4ccccc4S3)n2)cc1. The van der Waals surface area contributed by atoms with Gasteiger partial charge >= 0.3 is 0 Å². The van der Waals surface area contributed by atoms with Gasteiger partial charge in [-0.2, -0.15) is 0 Å². The van der Waals surface area contributed by atoms with Crippen LogP contribution in [-0.4, -0.2) is 22.0 Å². The second-order valence-electron chi connectivity index (χ2n) is 6.20. The average molecular weight is 396 g/mol. The summed E-state index contributed by atoms with van der Waals surface area (Å²) >= 11 is 3.01. The molecule has 0 aliphatic carbocycles. The van der Waals surface area contributed by atoms with E-state index in [0.29, 0.717) is 5.13 Å². The van der Waals surface area contributed by atoms with Gasteiger partial charge in [0.1, 0.15) is 0 Å². The number of nitrogens with zero attached hydrogens (tertiary/aromatic N) is 1. The van der Waals surface area contributed by atoms with Crippen LogP contribution in [0.1, 0.15) is 12.5 Å². The van der Waals surface area contributed by atoms with Crippen LogP contribution < -0.4 is 10.6 Å². The van der Waals surface area contributed by atoms with E-state index in [0.717, 1.165) is 23.4 Å². The number of fused-ring (bicyclic) bond motifs is 1. The molecule has 0 unspecified atom stereocenters. The van der Waals surface area contributed by atoms with Crippen molar-refractivity contribution in [2.45, 2.75) is 23.5 Å². The zero-order valence-electron chi connectivity index (χ0n) is 14.6. The molecule has 3 aromatic rings. The first-order valence-corrected chi connectivity index (χ1v) is 10.2. The molecule has 1 aromatic heterocycles. The molecule has 1 aliphatic rings. The first-order valence-electron chi connectivity index (χ1n) is 8.47. The smallest absolute Gasteiger partial charge is 0.239 e. The van der Waals surface area contributed by atoms with Crippen LogP contribution in [0, 0.1) is 0 Å². The van der Waals surface area contributed by atoms with Crippen molar-refractivity contribution in [3.05, 3.63) is 59.5 Å². The monoisotopic (exact) mass is 395 g/mol. The molecule has 2 amide bonds. The minimum absolute atomic E-state index is 0.0156. The molecular formula is C20H17N3O2S2. The molecule has 1 aliphatic heterocycles. The van der Waals surface area contributed by atoms with Crippen LogP contribution in [-0.2, 0) is 16.0 Å². The number of nitrogens with one attached hydrogen (secondary N) is 2. The molecule has 0 saturated carbocycles. The number of carbonyl (C=O) groups excluding carboxylic acids is 2. The minimum Gasteiger partial charge on any atom is -0.326 e. The fraction of sp³-hybridized carbons (Fsp3) is 0.150. The van der Waals surface area contributed by atoms with E-state index in [1.165, 1.54) is 28.7 Å². The molecule has 0 saturated heterocycles. The lowest BCUT2D eigenvalue weighted by Crippen LogP contribution is -2.24. The van der Waals surface area contributed by atoms with Crippen LogP contribution in [0.2, 0.25) is 0 Å². The highest BCUT2D eigenvalue weighted by Crippen LogP contribution is 2.37. The maximum atomic E-state index is 12.6. The fourth-order valence-electron chi connectivity index (χ4n) is 2.91. The van der Waals surface area contributed by atoms with Crippen molar-refractivity contribution >= 4 is 45.7 Å². The third-order valence-corrected chi connectivity index (χ3v) is 6.25. The summed E-state index contributed by atoms with van der Waals surface area (Å²) in [5.41, 5.74) is 3.70. The molecule has 5 nitrogen and oxygen atoms in total. The van der Waals surface area contributed by atoms with Crippen molar-refractivity contribution < 1.29 is 9.59 Å². The molecule has 7 heteroatoms. The van der Waals surface area contributed by atoms with Gasteiger partial charge in [-0.15, -0.1) is 23.1 Å². The first kappa shape index (κ1) is 17.8. The number of anilines is 2. The fourth-order valence-corrected chi connectivity index (χ4v) is 4.82. The van der Waals surface area contributed by atoms with Crippen LogP contribution in [0.4, 0.5) is 10.8 Å². The van der Waals surface area contributed by atoms with E-state index in [2.05, 4.69) is 27.8 Å². The van der Waals surface area contributed by atoms with Crippen LogP contribution >= 0.6 is 23.1 Å². The maximum absolute atomic E-state index is 12.6. The van der Waals surface area contributed by atoms with Gasteiger partial charge in [0, 0.05) is 28.5 Å². The number of rotatable bonds is 4. The highest BCUT2D eigenvalue weighted by Gasteiger charge is 2.28. The Kier molecular flexibility index (Phi) is 4.96. The number of hydrogen-bond acceptors (Lipinski definition) is 5. The Labute approximate surface area is 165 Å². The standard InChI is InChI=1S/C20H17N3O2S2/c1-12(24)21-15-8-6-13(7-9-15)16-11-26-20(22-16)23-19(25)18-10-14-4-2-3-5-17(14)27-18/h2-9,11,18H,10H2,1H3,(H,21,24)(H,22,23,25)/t18-/m0/s1. The van der Waals surface area contributed by atoms with Crippen LogP contribution in [0.5, 0.6) is 0 Å². The Morgan fingerprint density at radius 1 is 1.07 bits per heavy atom. The lowest BCUT2D eigenvalue weighted by atomic mass is 10.1. The van der Waals surface area contributed by atoms with E-state index in [4.69, 9.17) is 0 Å². The van der Waals surface area contributed by atoms with E-state index in [1.54, 1.807) is 11.8 Å². The summed E-state index contributed by atoms with van der Waals surface area (Å²) in [5, 5.41) is 8.07. The largest absolute Gasteiger partial charge is 0.326 e. The van der Waals surface area contributed by atoms with Crippen molar-refractivity contribution in [2.75, 3.05) is 10.6 Å². The topological polar surface area (TPSA) is 71.1 Å². The predicted molar refractivity (Wildman–Crippen MR) is 110 cm³/mol. The van der Waals surface area contributed by atoms with Gasteiger partial charge in [-0.25, -0.2) is 4.98 Å². The van der Waals surface area contributed by atoms with Gasteiger partial charge in [-0.05, 0) is 30.2 Å². The lowest BCUT2D eigenvalue weighted by Gasteiger charge is -2.07. The highest BCUT2D eigenvalue weighted by atomic mass is 32.2. The molecule has 0 fully saturated rings. The summed E-state index contributed by atoms with van der Waals surface area (Å²) in [6, 6.07) is 15.6. The van der Waals surface area contributed by atoms with Gasteiger partial charge in [0.2, 0.25) is 11.8 Å². The van der Waals surface area contributed by atoms with Gasteiger partial charge in [0.15, 0.2) is 5.13 Å². The number of benzene rings is 2. The van der Waals surface area contributed by atoms with Crippen molar-refractivity contribution in [1.82, 2.24) is 4.98 Å². The zero-order valence-corrected chi connectivity index (χ0v) is 16.2. The molecule has 2 N–H and O–H groups in total. The molecule has 1 atom stereocenters. The summed E-state index contributed by atoms with van der Waals surface area (Å²) in [5.74, 6) is -0.119. The molecule has 4 rings (SSSR count). The van der Waals surface area contributed by atoms with Crippen molar-refractivity contribution in [1.29, 1.82) is 0 Å². The third-order valence-electron chi connectivity index (χ3n) is 4.17. The minimum atomic E-state index is -0.119. The molecular weight excluding hydrogens is 378 g/mol. The van der Waals surface area contributed by atoms with E-state index in [9.17, 15) is 9.59 Å². The summed E-state index contributed by atoms with van der Waals surface area (Å²) < 4.78 is 0. The first-order chi connectivity index (χ1) is 13.1. The van der Waals surface area contributed by atoms with Gasteiger partial charge in [0.25, 0.3) is 0 Å². The molecule has 0 bridgehead atoms. The Morgan fingerprint density at radius 3 is 2.59 bits per heavy atom. The van der Waals surface area contributed by atoms with Crippen molar-refractivity contribution in [3.63, 3.8) is 0 Å². The number of carbonyl (C=O) groups is 2. The van der Waals surface area contributed by atoms with E-state index in [1.807, 2.05) is 41.8 Å². The Balaban J connectivity index is 1.41. The van der Waals surface area contributed by atoms with Crippen LogP contribution in [0.25, 0.3) is 11.3 Å². The number of aromatic nitrogens is 1. The van der Waals surface area contributed by atoms with Gasteiger partial charge in [-0.3, -0.25) is 9.59 Å². The number of amides is 2. The predicted octanol–water partition coefficient (Wildman–Crippen LogP) is 4.42. The van der Waals surface area contributed by atoms with Gasteiger partial charge in [-0.1, -0.05) is 30.3 Å². The molecule has 136 valence electrons. The Hall–Kier alpha value is -2.64. The van der Waals surface area contributed by atoms with Crippen molar-refractivity contribution in [3.8, 4) is 11.3 Å². The summed E-state index contributed by atoms with van der Waals surface area (Å²) in [4.78, 5) is 29.4. The quantitative estimate of drug-likeness (QED) is 0.686. The lowest BCUT2D eigenvalue weighted by molar-refractivity contribution is -0.116. The number of thioether (sulfide) groups is 1. The molecule has 2 aromatic carbocycles. The van der Waals surface area contributed by atoms with Crippen LogP contribution in [0.3, 0.4) is 0 Å². The highest BCUT2D eigenvalue weighted by molar-refractivity contribution is 8.01. The summed E-state index contributed by atoms with van der Waals surface area (Å²) in [6.07, 6.45) is 0.746. The molecule has 27 heavy (non-hydrogen) atoms. The number of hydrogen-bond donors (Lipinski definition) is 2. The second kappa shape index (κ2) is 7.54. The maximum Gasteiger partial charge on any atom is 0.239 e. The molecule has 0 radical (unpaired) electrons. The summed E-state index contributed by atoms with van der Waals surface area (Å²) in [7, 11) is 0. The van der Waals surface area contributed by atoms with Gasteiger partial charge < -0.3 is 10.6 Å². The number of thiazole rings is 1. The Morgan fingerprint density at radius 2 is 1.85 bits per heavy atom. The average Bonchev–Trinajstić information content (AvgIpc) is 3.28. The van der Waals surface area contributed by atoms with Crippen molar-refractivity contribution in [2.24, 2.45) is 0 Å². The second-order valence-corrected chi connectivity index (χ2v) is 8.31. The zero-order chi connectivity index (χ0) is 18.8. The van der Waals surface area contributed by atoms with E-state index < -0.39 is 0 Å². The normalized spacial score (nSPS) is 15.2. The van der Waals surface area contributed by atoms with E-state index in [-0.39, 0.29) is 17.1 Å². The van der Waals surface area contributed by atoms with E-state index >= 15 is 0 Å². The third kappa shape index (κ3) is 4.04. The Bertz CT molecular complexity index is 973. The molecule has 2 heterocycles. The molecule has 0 spiro atoms. The summed E-state index contributed by atoms with van der Waals surface area (Å²) in [6.45, 7) is 1.48. The van der Waals surface area contributed by atoms with Crippen LogP contribution in [0.15, 0.2) is 58.8 Å². The van der Waals surface area contributed by atoms with Gasteiger partial charge in [0.05, 0.1) is 10.9 Å².